The largest absolute Gasteiger partial charge is 0.507 e. The van der Waals surface area contributed by atoms with Crippen molar-refractivity contribution in [3.8, 4) is 67.5 Å². The van der Waals surface area contributed by atoms with Crippen LogP contribution in [0.2, 0.25) is 0 Å². The van der Waals surface area contributed by atoms with Gasteiger partial charge in [-0.3, -0.25) is 9.55 Å². The number of para-hydroxylation sites is 1. The molecule has 4 heteroatoms. The van der Waals surface area contributed by atoms with Gasteiger partial charge >= 0.3 is 0 Å². The Balaban J connectivity index is 1.52. The number of hydrogen-bond acceptors (Lipinski definition) is 3. The van der Waals surface area contributed by atoms with Crippen molar-refractivity contribution < 1.29 is 24.3 Å². The van der Waals surface area contributed by atoms with E-state index >= 15 is 0 Å². The Morgan fingerprint density at radius 3 is 2.00 bits per heavy atom. The van der Waals surface area contributed by atoms with E-state index in [2.05, 4.69) is 25.8 Å². The molecule has 0 bridgehead atoms. The van der Waals surface area contributed by atoms with Gasteiger partial charge in [-0.25, -0.2) is 4.98 Å². The smallest absolute Gasteiger partial charge is 0.149 e. The Morgan fingerprint density at radius 2 is 1.32 bits per heavy atom. The van der Waals surface area contributed by atoms with Gasteiger partial charge in [-0.05, 0) is 129 Å². The number of aromatic hydroxyl groups is 1. The first-order chi connectivity index (χ1) is 34.1. The first-order valence-electron chi connectivity index (χ1n) is 27.0. The minimum absolute atomic E-state index is 0.0490. The summed E-state index contributed by atoms with van der Waals surface area (Å²) in [5.74, 6) is 0.182. The fraction of sp³-hybridized carbons (Fsp3) is 0.250. The number of aryl methyl sites for hydroxylation is 1. The van der Waals surface area contributed by atoms with E-state index in [0.29, 0.717) is 44.4 Å². The third-order valence-electron chi connectivity index (χ3n) is 10.9. The predicted molar refractivity (Wildman–Crippen MR) is 253 cm³/mol. The van der Waals surface area contributed by atoms with Gasteiger partial charge < -0.3 is 5.11 Å². The SMILES string of the molecule is [2H]c1nc(-c2cc(-c3cccc4c3nc(-c3cc(C(C)(C)C)cc(C(C)(C)C)c3O)n4-c3cc(-c4ccccc4)c(C([2H])([2H])[2H])c(C([2H])([2H])[2H])c3)cc(C(C)(C)C)c2)c([2H])c(-c2c([2H])c([2H])c([2H])c([2H])c2[2H])c1[2H]. The maximum Gasteiger partial charge on any atom is 0.149 e. The van der Waals surface area contributed by atoms with E-state index in [9.17, 15) is 6.48 Å². The summed E-state index contributed by atoms with van der Waals surface area (Å²) in [6, 6.07) is 22.4. The minimum Gasteiger partial charge on any atom is -0.507 e. The molecule has 0 radical (unpaired) electrons. The van der Waals surface area contributed by atoms with E-state index in [1.807, 2.05) is 71.9 Å². The predicted octanol–water partition coefficient (Wildman–Crippen LogP) is 15.0. The third-order valence-corrected chi connectivity index (χ3v) is 10.9. The van der Waals surface area contributed by atoms with Crippen molar-refractivity contribution in [1.82, 2.24) is 14.5 Å². The molecular formula is C56H57N3O. The van der Waals surface area contributed by atoms with Gasteiger partial charge in [0.1, 0.15) is 11.6 Å². The van der Waals surface area contributed by atoms with E-state index in [-0.39, 0.29) is 45.2 Å². The number of pyridine rings is 1. The molecule has 2 heterocycles. The fourth-order valence-corrected chi connectivity index (χ4v) is 7.49. The average molecular weight is 802 g/mol. The molecule has 2 aromatic heterocycles. The van der Waals surface area contributed by atoms with Gasteiger partial charge in [0.25, 0.3) is 0 Å². The number of aromatic nitrogens is 3. The molecule has 0 fully saturated rings. The van der Waals surface area contributed by atoms with Crippen LogP contribution in [0.15, 0.2) is 139 Å². The van der Waals surface area contributed by atoms with Crippen LogP contribution in [-0.2, 0) is 16.2 Å². The van der Waals surface area contributed by atoms with Crippen molar-refractivity contribution in [1.29, 1.82) is 0 Å². The van der Waals surface area contributed by atoms with Gasteiger partial charge in [-0.15, -0.1) is 0 Å². The molecule has 0 atom stereocenters. The van der Waals surface area contributed by atoms with E-state index in [1.54, 1.807) is 59.2 Å². The van der Waals surface area contributed by atoms with Crippen LogP contribution in [0, 0.1) is 13.7 Å². The molecule has 1 N–H and O–H groups in total. The van der Waals surface area contributed by atoms with Gasteiger partial charge in [0.05, 0.1) is 33.3 Å². The Morgan fingerprint density at radius 1 is 0.600 bits per heavy atom. The first kappa shape index (κ1) is 26.8. The zero-order valence-corrected chi connectivity index (χ0v) is 35.4. The maximum atomic E-state index is 12.5. The number of rotatable bonds is 6. The molecule has 0 saturated heterocycles. The van der Waals surface area contributed by atoms with Crippen LogP contribution < -0.4 is 0 Å². The molecule has 0 unspecified atom stereocenters. The lowest BCUT2D eigenvalue weighted by atomic mass is 9.79. The van der Waals surface area contributed by atoms with Crippen molar-refractivity contribution in [2.45, 2.75) is 92.3 Å². The second-order valence-corrected chi connectivity index (χ2v) is 18.4. The highest BCUT2D eigenvalue weighted by Gasteiger charge is 2.29. The summed E-state index contributed by atoms with van der Waals surface area (Å²) in [5, 5.41) is 12.5. The minimum atomic E-state index is -2.90. The van der Waals surface area contributed by atoms with Crippen LogP contribution in [0.1, 0.15) is 109 Å². The molecule has 0 spiro atoms. The summed E-state index contributed by atoms with van der Waals surface area (Å²) >= 11 is 0. The number of hydrogen-bond donors (Lipinski definition) is 1. The Labute approximate surface area is 376 Å². The molecule has 0 aliphatic rings. The molecule has 0 saturated carbocycles. The zero-order chi connectivity index (χ0) is 54.7. The van der Waals surface area contributed by atoms with Crippen LogP contribution in [0.25, 0.3) is 72.7 Å². The Kier molecular flexibility index (Phi) is 6.73. The van der Waals surface area contributed by atoms with Crippen molar-refractivity contribution in [2.24, 2.45) is 0 Å². The van der Waals surface area contributed by atoms with Gasteiger partial charge in [0.2, 0.25) is 0 Å². The molecule has 302 valence electrons. The standard InChI is InChI=1S/C56H57N3O/c1-35-27-44(34-46(36(35)2)38-21-16-13-17-22-38)59-50-24-18-23-45(51(50)58-53(59)47-32-43(55(6,7)8)33-48(52(47)60)56(9,10)11)40-28-41(30-42(29-40)54(3,4)5)49-31-39(25-26-57-49)37-19-14-12-15-20-37/h12-34,60H,1-11H3/i1D3,2D3,12D,14D,15D,19D,20D,25D,26D,31D. The zero-order valence-electron chi connectivity index (χ0n) is 49.4. The average Bonchev–Trinajstić information content (AvgIpc) is 3.70. The van der Waals surface area contributed by atoms with Gasteiger partial charge in [-0.2, -0.15) is 0 Å². The van der Waals surface area contributed by atoms with Crippen molar-refractivity contribution in [3.05, 3.63) is 167 Å². The summed E-state index contributed by atoms with van der Waals surface area (Å²) in [7, 11) is 0. The summed E-state index contributed by atoms with van der Waals surface area (Å²) in [6.07, 6.45) is -0.575. The normalized spacial score (nSPS) is 16.1. The number of benzene rings is 6. The molecule has 8 rings (SSSR count). The third kappa shape index (κ3) is 7.68. The Bertz CT molecular complexity index is 3550. The Hall–Kier alpha value is -6.26. The summed E-state index contributed by atoms with van der Waals surface area (Å²) in [4.78, 5) is 9.82. The number of fused-ring (bicyclic) bond motifs is 1. The van der Waals surface area contributed by atoms with Crippen LogP contribution in [0.5, 0.6) is 5.75 Å². The van der Waals surface area contributed by atoms with Crippen LogP contribution >= 0.6 is 0 Å². The maximum absolute atomic E-state index is 12.5. The lowest BCUT2D eigenvalue weighted by Crippen LogP contribution is -2.17. The summed E-state index contributed by atoms with van der Waals surface area (Å²) in [5.41, 5.74) is 2.82. The molecule has 8 aromatic rings. The molecular weight excluding hydrogens is 731 g/mol. The van der Waals surface area contributed by atoms with E-state index in [4.69, 9.17) is 22.8 Å². The fourth-order valence-electron chi connectivity index (χ4n) is 7.49. The molecule has 0 amide bonds. The van der Waals surface area contributed by atoms with Crippen molar-refractivity contribution in [3.63, 3.8) is 0 Å². The molecule has 6 aromatic carbocycles. The highest BCUT2D eigenvalue weighted by molar-refractivity contribution is 5.97. The van der Waals surface area contributed by atoms with Gasteiger partial charge in [0, 0.05) is 36.8 Å². The highest BCUT2D eigenvalue weighted by Crippen LogP contribution is 2.45. The monoisotopic (exact) mass is 802 g/mol. The van der Waals surface area contributed by atoms with Crippen molar-refractivity contribution >= 4 is 11.0 Å². The lowest BCUT2D eigenvalue weighted by Gasteiger charge is -2.27. The van der Waals surface area contributed by atoms with Gasteiger partial charge in [-0.1, -0.05) is 147 Å². The number of phenols is 1. The van der Waals surface area contributed by atoms with Crippen LogP contribution in [0.3, 0.4) is 0 Å². The summed E-state index contributed by atoms with van der Waals surface area (Å²) < 4.78 is 124. The topological polar surface area (TPSA) is 50.9 Å². The molecule has 0 aliphatic heterocycles. The summed E-state index contributed by atoms with van der Waals surface area (Å²) in [6.45, 7) is 12.4. The number of nitrogens with zero attached hydrogens (tertiary/aromatic N) is 3. The second-order valence-electron chi connectivity index (χ2n) is 18.4. The van der Waals surface area contributed by atoms with Crippen LogP contribution in [0.4, 0.5) is 0 Å². The van der Waals surface area contributed by atoms with Crippen molar-refractivity contribution in [2.75, 3.05) is 0 Å². The second kappa shape index (κ2) is 15.1. The quantitative estimate of drug-likeness (QED) is 0.182. The van der Waals surface area contributed by atoms with E-state index in [0.717, 1.165) is 11.1 Å². The first-order valence-corrected chi connectivity index (χ1v) is 20.0. The van der Waals surface area contributed by atoms with E-state index < -0.39 is 84.0 Å². The van der Waals surface area contributed by atoms with Gasteiger partial charge in [0.15, 0.2) is 0 Å². The molecule has 60 heavy (non-hydrogen) atoms. The lowest BCUT2D eigenvalue weighted by molar-refractivity contribution is 0.446. The number of imidazole rings is 1. The van der Waals surface area contributed by atoms with Crippen LogP contribution in [-0.4, -0.2) is 19.6 Å². The molecule has 4 nitrogen and oxygen atoms in total. The molecule has 0 aliphatic carbocycles. The number of phenolic OH excluding ortho intramolecular Hbond substituents is 1. The van der Waals surface area contributed by atoms with E-state index in [1.165, 1.54) is 6.07 Å². The highest BCUT2D eigenvalue weighted by atomic mass is 16.3.